The van der Waals surface area contributed by atoms with Gasteiger partial charge in [-0.2, -0.15) is 4.31 Å². The van der Waals surface area contributed by atoms with Crippen LogP contribution in [0.15, 0.2) is 52.5 Å². The van der Waals surface area contributed by atoms with Crippen LogP contribution in [0.1, 0.15) is 57.1 Å². The van der Waals surface area contributed by atoms with Crippen molar-refractivity contribution in [2.45, 2.75) is 67.3 Å². The fourth-order valence-electron chi connectivity index (χ4n) is 5.12. The van der Waals surface area contributed by atoms with Gasteiger partial charge in [0.1, 0.15) is 5.82 Å². The number of aromatic nitrogens is 2. The molecule has 0 unspecified atom stereocenters. The molecule has 176 valence electrons. The first-order chi connectivity index (χ1) is 15.9. The quantitative estimate of drug-likeness (QED) is 0.400. The predicted molar refractivity (Wildman–Crippen MR) is 130 cm³/mol. The van der Waals surface area contributed by atoms with Crippen LogP contribution in [-0.2, 0) is 15.8 Å². The third-order valence-electron chi connectivity index (χ3n) is 6.83. The van der Waals surface area contributed by atoms with Crippen LogP contribution in [0.3, 0.4) is 0 Å². The summed E-state index contributed by atoms with van der Waals surface area (Å²) in [6, 6.07) is 12.4. The van der Waals surface area contributed by atoms with E-state index in [-0.39, 0.29) is 5.82 Å². The van der Waals surface area contributed by atoms with Crippen molar-refractivity contribution < 1.29 is 12.8 Å². The summed E-state index contributed by atoms with van der Waals surface area (Å²) in [6.07, 6.45) is 6.56. The molecule has 5 nitrogen and oxygen atoms in total. The Labute approximate surface area is 199 Å². The topological polar surface area (TPSA) is 55.2 Å². The largest absolute Gasteiger partial charge is 0.316 e. The monoisotopic (exact) mass is 487 g/mol. The van der Waals surface area contributed by atoms with E-state index in [0.29, 0.717) is 35.7 Å². The summed E-state index contributed by atoms with van der Waals surface area (Å²) in [5, 5.41) is 0.877. The van der Waals surface area contributed by atoms with E-state index in [1.165, 1.54) is 18.9 Å². The Balaban J connectivity index is 1.49. The zero-order chi connectivity index (χ0) is 23.0. The van der Waals surface area contributed by atoms with Gasteiger partial charge in [-0.3, -0.25) is 0 Å². The molecule has 0 radical (unpaired) electrons. The molecule has 0 bridgehead atoms. The lowest BCUT2D eigenvalue weighted by Gasteiger charge is -2.30. The van der Waals surface area contributed by atoms with Crippen LogP contribution in [0.4, 0.5) is 4.39 Å². The lowest BCUT2D eigenvalue weighted by Crippen LogP contribution is -2.39. The van der Waals surface area contributed by atoms with Gasteiger partial charge in [-0.15, -0.1) is 0 Å². The van der Waals surface area contributed by atoms with Gasteiger partial charge in [0.15, 0.2) is 5.16 Å². The molecule has 1 aliphatic heterocycles. The minimum atomic E-state index is -3.53. The van der Waals surface area contributed by atoms with Crippen LogP contribution in [0, 0.1) is 11.7 Å². The average molecular weight is 488 g/mol. The standard InChI is InChI=1S/C25H30FN3O2S2/c1-18-6-5-13-28(16-18)33(30,31)22-11-12-24-23(15-22)27-25(29(24)21-9-2-3-10-21)32-17-19-7-4-8-20(26)14-19/h4,7-8,11-12,14-15,18,21H,2-3,5-6,9-10,13,16-17H2,1H3/t18-/m0/s1. The molecule has 2 fully saturated rings. The van der Waals surface area contributed by atoms with Crippen molar-refractivity contribution in [3.8, 4) is 0 Å². The van der Waals surface area contributed by atoms with Crippen LogP contribution in [0.25, 0.3) is 11.0 Å². The number of halogens is 1. The Morgan fingerprint density at radius 3 is 2.67 bits per heavy atom. The van der Waals surface area contributed by atoms with Gasteiger partial charge in [0.2, 0.25) is 10.0 Å². The maximum atomic E-state index is 13.6. The molecule has 0 N–H and O–H groups in total. The van der Waals surface area contributed by atoms with Gasteiger partial charge in [0, 0.05) is 24.9 Å². The van der Waals surface area contributed by atoms with Gasteiger partial charge in [-0.05, 0) is 67.5 Å². The van der Waals surface area contributed by atoms with Crippen molar-refractivity contribution in [2.75, 3.05) is 13.1 Å². The molecular formula is C25H30FN3O2S2. The van der Waals surface area contributed by atoms with Crippen LogP contribution < -0.4 is 0 Å². The number of nitrogens with zero attached hydrogens (tertiary/aromatic N) is 3. The predicted octanol–water partition coefficient (Wildman–Crippen LogP) is 6.00. The molecule has 1 aliphatic carbocycles. The fraction of sp³-hybridized carbons (Fsp3) is 0.480. The van der Waals surface area contributed by atoms with E-state index in [9.17, 15) is 12.8 Å². The van der Waals surface area contributed by atoms with Gasteiger partial charge in [-0.25, -0.2) is 17.8 Å². The molecule has 1 atom stereocenters. The summed E-state index contributed by atoms with van der Waals surface area (Å²) in [5.41, 5.74) is 2.61. The Hall–Kier alpha value is -1.90. The molecule has 1 saturated carbocycles. The number of hydrogen-bond donors (Lipinski definition) is 0. The second kappa shape index (κ2) is 9.39. The number of imidazole rings is 1. The molecule has 1 saturated heterocycles. The molecule has 1 aromatic heterocycles. The number of fused-ring (bicyclic) bond motifs is 1. The fourth-order valence-corrected chi connectivity index (χ4v) is 7.77. The van der Waals surface area contributed by atoms with Gasteiger partial charge in [0.25, 0.3) is 0 Å². The van der Waals surface area contributed by atoms with Crippen molar-refractivity contribution in [1.29, 1.82) is 0 Å². The molecule has 8 heteroatoms. The molecule has 0 spiro atoms. The maximum Gasteiger partial charge on any atom is 0.243 e. The summed E-state index contributed by atoms with van der Waals surface area (Å²) in [7, 11) is -3.53. The van der Waals surface area contributed by atoms with Crippen molar-refractivity contribution in [3.63, 3.8) is 0 Å². The van der Waals surface area contributed by atoms with E-state index in [1.54, 1.807) is 40.3 Å². The van der Waals surface area contributed by atoms with E-state index in [2.05, 4.69) is 11.5 Å². The lowest BCUT2D eigenvalue weighted by atomic mass is 10.0. The van der Waals surface area contributed by atoms with Crippen LogP contribution in [0.5, 0.6) is 0 Å². The number of rotatable bonds is 6. The summed E-state index contributed by atoms with van der Waals surface area (Å²) in [6.45, 7) is 3.26. The normalized spacial score (nSPS) is 20.6. The molecule has 5 rings (SSSR count). The van der Waals surface area contributed by atoms with Gasteiger partial charge in [0.05, 0.1) is 15.9 Å². The third kappa shape index (κ3) is 4.70. The van der Waals surface area contributed by atoms with Crippen molar-refractivity contribution in [3.05, 3.63) is 53.8 Å². The van der Waals surface area contributed by atoms with E-state index in [1.807, 2.05) is 12.1 Å². The summed E-state index contributed by atoms with van der Waals surface area (Å²) < 4.78 is 44.2. The number of sulfonamides is 1. The Kier molecular flexibility index (Phi) is 6.51. The number of piperidine rings is 1. The lowest BCUT2D eigenvalue weighted by molar-refractivity contribution is 0.281. The second-order valence-electron chi connectivity index (χ2n) is 9.38. The second-order valence-corrected chi connectivity index (χ2v) is 12.3. The molecule has 33 heavy (non-hydrogen) atoms. The van der Waals surface area contributed by atoms with Gasteiger partial charge in [-0.1, -0.05) is 43.7 Å². The van der Waals surface area contributed by atoms with Gasteiger partial charge < -0.3 is 4.57 Å². The molecule has 2 heterocycles. The number of hydrogen-bond acceptors (Lipinski definition) is 4. The van der Waals surface area contributed by atoms with Crippen LogP contribution >= 0.6 is 11.8 Å². The van der Waals surface area contributed by atoms with Crippen LogP contribution in [-0.4, -0.2) is 35.4 Å². The minimum Gasteiger partial charge on any atom is -0.316 e. The smallest absolute Gasteiger partial charge is 0.243 e. The molecule has 2 aromatic carbocycles. The summed E-state index contributed by atoms with van der Waals surface area (Å²) in [4.78, 5) is 5.20. The summed E-state index contributed by atoms with van der Waals surface area (Å²) >= 11 is 1.59. The highest BCUT2D eigenvalue weighted by Crippen LogP contribution is 2.38. The van der Waals surface area contributed by atoms with E-state index >= 15 is 0 Å². The molecular weight excluding hydrogens is 457 g/mol. The first kappa shape index (κ1) is 22.9. The zero-order valence-corrected chi connectivity index (χ0v) is 20.5. The van der Waals surface area contributed by atoms with E-state index in [0.717, 1.165) is 47.4 Å². The number of benzene rings is 2. The Bertz CT molecular complexity index is 1250. The Morgan fingerprint density at radius 1 is 1.09 bits per heavy atom. The Morgan fingerprint density at radius 2 is 1.91 bits per heavy atom. The third-order valence-corrected chi connectivity index (χ3v) is 9.72. The molecule has 0 amide bonds. The van der Waals surface area contributed by atoms with Crippen molar-refractivity contribution in [2.24, 2.45) is 5.92 Å². The highest BCUT2D eigenvalue weighted by Gasteiger charge is 2.30. The average Bonchev–Trinajstić information content (AvgIpc) is 3.44. The van der Waals surface area contributed by atoms with Gasteiger partial charge >= 0.3 is 0 Å². The molecule has 3 aromatic rings. The van der Waals surface area contributed by atoms with E-state index < -0.39 is 10.0 Å². The first-order valence-electron chi connectivity index (χ1n) is 11.8. The number of thioether (sulfide) groups is 1. The maximum absolute atomic E-state index is 13.6. The van der Waals surface area contributed by atoms with E-state index in [4.69, 9.17) is 4.98 Å². The van der Waals surface area contributed by atoms with Crippen LogP contribution in [0.2, 0.25) is 0 Å². The molecule has 2 aliphatic rings. The highest BCUT2D eigenvalue weighted by molar-refractivity contribution is 7.98. The SMILES string of the molecule is C[C@H]1CCCN(S(=O)(=O)c2ccc3c(c2)nc(SCc2cccc(F)c2)n3C2CCCC2)C1. The van der Waals surface area contributed by atoms with Crippen molar-refractivity contribution >= 4 is 32.8 Å². The minimum absolute atomic E-state index is 0.237. The van der Waals surface area contributed by atoms with Crippen molar-refractivity contribution in [1.82, 2.24) is 13.9 Å². The highest BCUT2D eigenvalue weighted by atomic mass is 32.2. The zero-order valence-electron chi connectivity index (χ0n) is 18.9. The first-order valence-corrected chi connectivity index (χ1v) is 14.2. The summed E-state index contributed by atoms with van der Waals surface area (Å²) in [5.74, 6) is 0.758.